The van der Waals surface area contributed by atoms with E-state index in [1.54, 1.807) is 18.2 Å². The lowest BCUT2D eigenvalue weighted by Crippen LogP contribution is -2.50. The van der Waals surface area contributed by atoms with Crippen molar-refractivity contribution in [3.63, 3.8) is 0 Å². The third-order valence-electron chi connectivity index (χ3n) is 2.75. The average Bonchev–Trinajstić information content (AvgIpc) is 2.33. The monoisotopic (exact) mass is 236 g/mol. The second-order valence-electron chi connectivity index (χ2n) is 3.85. The molecule has 0 saturated carbocycles. The maximum Gasteiger partial charge on any atom is 0.324 e. The van der Waals surface area contributed by atoms with Gasteiger partial charge < -0.3 is 9.69 Å². The summed E-state index contributed by atoms with van der Waals surface area (Å²) in [6.07, 6.45) is 1.41. The molecule has 2 rings (SSSR count). The van der Waals surface area contributed by atoms with Crippen molar-refractivity contribution < 1.29 is 14.0 Å². The fourth-order valence-electron chi connectivity index (χ4n) is 1.94. The topological polar surface area (TPSA) is 40.6 Å². The number of carbonyl (C=O) groups excluding carboxylic acids is 2. The van der Waals surface area contributed by atoms with Crippen LogP contribution in [0.25, 0.3) is 0 Å². The number of halogens is 1. The van der Waals surface area contributed by atoms with Crippen molar-refractivity contribution in [2.45, 2.75) is 6.42 Å². The molecule has 1 aliphatic rings. The summed E-state index contributed by atoms with van der Waals surface area (Å²) in [5.41, 5.74) is 0.271. The number of nitrogens with zero attached hydrogens (tertiary/aromatic N) is 2. The Kier molecular flexibility index (Phi) is 3.37. The first-order valence-electron chi connectivity index (χ1n) is 5.48. The molecule has 0 atom stereocenters. The molecule has 5 heteroatoms. The Morgan fingerprint density at radius 3 is 2.76 bits per heavy atom. The van der Waals surface area contributed by atoms with E-state index in [4.69, 9.17) is 0 Å². The number of anilines is 1. The molecular formula is C12H13FN2O2. The van der Waals surface area contributed by atoms with E-state index in [-0.39, 0.29) is 18.3 Å². The average molecular weight is 236 g/mol. The molecule has 0 bridgehead atoms. The molecule has 0 unspecified atom stereocenters. The molecule has 0 N–H and O–H groups in total. The molecule has 17 heavy (non-hydrogen) atoms. The predicted molar refractivity (Wildman–Crippen MR) is 61.4 cm³/mol. The zero-order valence-electron chi connectivity index (χ0n) is 9.30. The largest absolute Gasteiger partial charge is 0.324 e. The summed E-state index contributed by atoms with van der Waals surface area (Å²) in [7, 11) is 0. The lowest BCUT2D eigenvalue weighted by atomic mass is 10.2. The number of rotatable bonds is 3. The molecule has 0 aromatic heterocycles. The van der Waals surface area contributed by atoms with Gasteiger partial charge in [-0.25, -0.2) is 9.18 Å². The molecule has 4 nitrogen and oxygen atoms in total. The van der Waals surface area contributed by atoms with Crippen LogP contribution in [0.4, 0.5) is 14.9 Å². The summed E-state index contributed by atoms with van der Waals surface area (Å²) in [6, 6.07) is 5.84. The first-order chi connectivity index (χ1) is 8.24. The van der Waals surface area contributed by atoms with Gasteiger partial charge in [-0.15, -0.1) is 0 Å². The molecule has 1 heterocycles. The smallest absolute Gasteiger partial charge is 0.317 e. The Morgan fingerprint density at radius 2 is 2.06 bits per heavy atom. The summed E-state index contributed by atoms with van der Waals surface area (Å²) in [5, 5.41) is 0. The van der Waals surface area contributed by atoms with Crippen LogP contribution in [0.3, 0.4) is 0 Å². The van der Waals surface area contributed by atoms with Crippen molar-refractivity contribution in [1.82, 2.24) is 4.90 Å². The fraction of sp³-hybridized carbons (Fsp3) is 0.333. The molecule has 1 aromatic rings. The van der Waals surface area contributed by atoms with Crippen LogP contribution in [0, 0.1) is 5.82 Å². The molecule has 1 aliphatic heterocycles. The van der Waals surface area contributed by atoms with Gasteiger partial charge in [-0.1, -0.05) is 12.1 Å². The van der Waals surface area contributed by atoms with Gasteiger partial charge in [-0.05, 0) is 18.6 Å². The van der Waals surface area contributed by atoms with Crippen LogP contribution in [0.2, 0.25) is 0 Å². The summed E-state index contributed by atoms with van der Waals surface area (Å²) in [4.78, 5) is 25.2. The minimum absolute atomic E-state index is 0.0593. The molecule has 0 radical (unpaired) electrons. The molecule has 0 spiro atoms. The number of carbonyl (C=O) groups is 2. The number of hydrogen-bond donors (Lipinski definition) is 0. The van der Waals surface area contributed by atoms with Gasteiger partial charge >= 0.3 is 6.03 Å². The summed E-state index contributed by atoms with van der Waals surface area (Å²) >= 11 is 0. The van der Waals surface area contributed by atoms with E-state index in [9.17, 15) is 14.0 Å². The van der Waals surface area contributed by atoms with E-state index in [1.165, 1.54) is 15.9 Å². The minimum atomic E-state index is -0.422. The van der Waals surface area contributed by atoms with Crippen LogP contribution in [0.1, 0.15) is 6.42 Å². The minimum Gasteiger partial charge on any atom is -0.317 e. The Hall–Kier alpha value is -1.91. The van der Waals surface area contributed by atoms with Crippen LogP contribution in [-0.4, -0.2) is 36.9 Å². The van der Waals surface area contributed by atoms with Gasteiger partial charge in [0.1, 0.15) is 12.1 Å². The third-order valence-corrected chi connectivity index (χ3v) is 2.75. The van der Waals surface area contributed by atoms with Crippen molar-refractivity contribution in [2.24, 2.45) is 0 Å². The molecule has 90 valence electrons. The van der Waals surface area contributed by atoms with E-state index in [2.05, 4.69) is 0 Å². The van der Waals surface area contributed by atoms with E-state index in [0.29, 0.717) is 19.4 Å². The highest BCUT2D eigenvalue weighted by molar-refractivity contribution is 5.93. The summed E-state index contributed by atoms with van der Waals surface area (Å²) in [6.45, 7) is 1.08. The van der Waals surface area contributed by atoms with Gasteiger partial charge in [0, 0.05) is 13.1 Å². The van der Waals surface area contributed by atoms with Gasteiger partial charge in [0.2, 0.25) is 0 Å². The maximum atomic E-state index is 13.6. The first kappa shape index (κ1) is 11.6. The second-order valence-corrected chi connectivity index (χ2v) is 3.85. The highest BCUT2D eigenvalue weighted by Gasteiger charge is 2.27. The maximum absolute atomic E-state index is 13.6. The standard InChI is InChI=1S/C12H13FN2O2/c13-10-4-1-2-5-11(10)15-7-3-6-14(8-9-16)12(15)17/h1-2,4-5,9H,3,6-8H2. The highest BCUT2D eigenvalue weighted by atomic mass is 19.1. The number of benzene rings is 1. The summed E-state index contributed by atoms with van der Waals surface area (Å²) in [5.74, 6) is -0.422. The van der Waals surface area contributed by atoms with E-state index >= 15 is 0 Å². The SMILES string of the molecule is O=CCN1CCCN(c2ccccc2F)C1=O. The molecule has 1 saturated heterocycles. The van der Waals surface area contributed by atoms with Gasteiger partial charge in [0.25, 0.3) is 0 Å². The lowest BCUT2D eigenvalue weighted by molar-refractivity contribution is -0.108. The van der Waals surface area contributed by atoms with Crippen molar-refractivity contribution in [3.8, 4) is 0 Å². The second kappa shape index (κ2) is 4.95. The fourth-order valence-corrected chi connectivity index (χ4v) is 1.94. The molecule has 0 aliphatic carbocycles. The van der Waals surface area contributed by atoms with Crippen LogP contribution in [0.5, 0.6) is 0 Å². The number of aldehydes is 1. The van der Waals surface area contributed by atoms with Crippen molar-refractivity contribution >= 4 is 18.0 Å². The van der Waals surface area contributed by atoms with Crippen LogP contribution >= 0.6 is 0 Å². The Balaban J connectivity index is 2.24. The Bertz CT molecular complexity index is 436. The van der Waals surface area contributed by atoms with Gasteiger partial charge in [0.15, 0.2) is 0 Å². The normalized spacial score (nSPS) is 16.2. The lowest BCUT2D eigenvalue weighted by Gasteiger charge is -2.34. The van der Waals surface area contributed by atoms with Crippen LogP contribution in [-0.2, 0) is 4.79 Å². The number of hydrogen-bond acceptors (Lipinski definition) is 2. The summed E-state index contributed by atoms with van der Waals surface area (Å²) < 4.78 is 13.6. The molecule has 1 aromatic carbocycles. The number of amides is 2. The molecule has 2 amide bonds. The Morgan fingerprint density at radius 1 is 1.29 bits per heavy atom. The predicted octanol–water partition coefficient (Wildman–Crippen LogP) is 1.66. The van der Waals surface area contributed by atoms with Gasteiger partial charge in [0.05, 0.1) is 12.2 Å². The zero-order valence-corrected chi connectivity index (χ0v) is 9.30. The van der Waals surface area contributed by atoms with Crippen LogP contribution in [0.15, 0.2) is 24.3 Å². The van der Waals surface area contributed by atoms with Gasteiger partial charge in [-0.3, -0.25) is 4.90 Å². The van der Waals surface area contributed by atoms with Crippen molar-refractivity contribution in [2.75, 3.05) is 24.5 Å². The van der Waals surface area contributed by atoms with E-state index in [0.717, 1.165) is 6.42 Å². The Labute approximate surface area is 98.6 Å². The number of para-hydroxylation sites is 1. The first-order valence-corrected chi connectivity index (χ1v) is 5.48. The number of urea groups is 1. The molecular weight excluding hydrogens is 223 g/mol. The van der Waals surface area contributed by atoms with Crippen molar-refractivity contribution in [3.05, 3.63) is 30.1 Å². The van der Waals surface area contributed by atoms with Crippen LogP contribution < -0.4 is 4.90 Å². The van der Waals surface area contributed by atoms with E-state index < -0.39 is 5.82 Å². The highest BCUT2D eigenvalue weighted by Crippen LogP contribution is 2.22. The quantitative estimate of drug-likeness (QED) is 0.749. The molecule has 1 fully saturated rings. The zero-order chi connectivity index (χ0) is 12.3. The van der Waals surface area contributed by atoms with Gasteiger partial charge in [-0.2, -0.15) is 0 Å². The van der Waals surface area contributed by atoms with E-state index in [1.807, 2.05) is 0 Å². The third kappa shape index (κ3) is 2.27. The van der Waals surface area contributed by atoms with Crippen molar-refractivity contribution in [1.29, 1.82) is 0 Å².